The number of hydrogen-bond donors (Lipinski definition) is 1. The highest BCUT2D eigenvalue weighted by atomic mass is 16.3. The third-order valence-electron chi connectivity index (χ3n) is 7.47. The topological polar surface area (TPSA) is 30.1 Å². The van der Waals surface area contributed by atoms with E-state index >= 15 is 0 Å². The van der Waals surface area contributed by atoms with Crippen LogP contribution in [0.3, 0.4) is 0 Å². The lowest BCUT2D eigenvalue weighted by Gasteiger charge is -2.21. The molecule has 2 aromatic heterocycles. The van der Waals surface area contributed by atoms with Gasteiger partial charge in [0.2, 0.25) is 0 Å². The minimum absolute atomic E-state index is 0.402. The Kier molecular flexibility index (Phi) is 3.92. The zero-order chi connectivity index (χ0) is 22.3. The number of hydrogen-bond acceptors (Lipinski definition) is 1. The Morgan fingerprint density at radius 1 is 0.594 bits per heavy atom. The van der Waals surface area contributed by atoms with Crippen LogP contribution in [0, 0.1) is 0 Å². The number of phenolic OH excluding ortho intramolecular Hbond substituents is 1. The smallest absolute Gasteiger partial charge is 0.143 e. The molecule has 6 rings (SSSR count). The molecular weight excluding hydrogens is 388 g/mol. The molecule has 7 heteroatoms. The molecule has 0 amide bonds. The van der Waals surface area contributed by atoms with Crippen LogP contribution in [0.15, 0.2) is 60.7 Å². The number of fused-ring (bicyclic) bond motifs is 7. The van der Waals surface area contributed by atoms with Crippen molar-refractivity contribution in [3.05, 3.63) is 60.7 Å². The van der Waals surface area contributed by atoms with Crippen LogP contribution in [0.1, 0.15) is 0 Å². The van der Waals surface area contributed by atoms with Crippen molar-refractivity contribution in [1.82, 2.24) is 9.13 Å². The van der Waals surface area contributed by atoms with Crippen molar-refractivity contribution in [1.29, 1.82) is 0 Å². The molecule has 0 radical (unpaired) electrons. The third kappa shape index (κ3) is 2.26. The number of phenols is 1. The summed E-state index contributed by atoms with van der Waals surface area (Å²) in [4.78, 5) is 0. The van der Waals surface area contributed by atoms with Crippen LogP contribution in [0.2, 0.25) is 0 Å². The third-order valence-corrected chi connectivity index (χ3v) is 7.47. The summed E-state index contributed by atoms with van der Waals surface area (Å²) in [5.41, 5.74) is 10.2. The van der Waals surface area contributed by atoms with Gasteiger partial charge in [0.05, 0.1) is 16.6 Å². The summed E-state index contributed by atoms with van der Waals surface area (Å²) < 4.78 is 4.75. The van der Waals surface area contributed by atoms with E-state index in [1.807, 2.05) is 15.7 Å². The monoisotopic (exact) mass is 410 g/mol. The molecule has 3 nitrogen and oxygen atoms in total. The predicted octanol–water partition coefficient (Wildman–Crippen LogP) is -0.832. The average molecular weight is 410 g/mol. The fourth-order valence-electron chi connectivity index (χ4n) is 5.55. The summed E-state index contributed by atoms with van der Waals surface area (Å²) in [7, 11) is 10.4. The zero-order valence-corrected chi connectivity index (χ0v) is 19.1. The Morgan fingerprint density at radius 3 is 1.72 bits per heavy atom. The quantitative estimate of drug-likeness (QED) is 0.353. The molecule has 0 fully saturated rings. The number of benzene rings is 4. The summed E-state index contributed by atoms with van der Waals surface area (Å²) in [5.74, 6) is 0.402. The lowest BCUT2D eigenvalue weighted by molar-refractivity contribution is 0.484. The second-order valence-corrected chi connectivity index (χ2v) is 8.98. The maximum Gasteiger partial charge on any atom is 0.143 e. The van der Waals surface area contributed by atoms with Crippen molar-refractivity contribution in [3.63, 3.8) is 0 Å². The van der Waals surface area contributed by atoms with E-state index in [2.05, 4.69) is 92.5 Å². The summed E-state index contributed by atoms with van der Waals surface area (Å²) in [6.07, 6.45) is 0. The van der Waals surface area contributed by atoms with Gasteiger partial charge in [0, 0.05) is 39.8 Å². The van der Waals surface area contributed by atoms with Crippen LogP contribution in [-0.4, -0.2) is 45.6 Å². The van der Waals surface area contributed by atoms with Crippen LogP contribution in [-0.2, 0) is 7.05 Å². The highest BCUT2D eigenvalue weighted by Gasteiger charge is 2.22. The van der Waals surface area contributed by atoms with E-state index in [0.29, 0.717) is 5.75 Å². The van der Waals surface area contributed by atoms with Crippen molar-refractivity contribution >= 4 is 96.8 Å². The van der Waals surface area contributed by atoms with E-state index in [-0.39, 0.29) is 0 Å². The van der Waals surface area contributed by atoms with Gasteiger partial charge in [-0.05, 0) is 12.1 Å². The Balaban J connectivity index is 1.95. The van der Waals surface area contributed by atoms with Crippen molar-refractivity contribution in [2.75, 3.05) is 0 Å². The number of aromatic nitrogens is 2. The molecule has 4 aromatic carbocycles. The van der Waals surface area contributed by atoms with Gasteiger partial charge in [-0.25, -0.2) is 0 Å². The van der Waals surface area contributed by atoms with Crippen molar-refractivity contribution in [2.45, 2.75) is 0 Å². The first-order valence-electron chi connectivity index (χ1n) is 11.1. The Morgan fingerprint density at radius 2 is 1.09 bits per heavy atom. The molecule has 1 N–H and O–H groups in total. The molecule has 32 heavy (non-hydrogen) atoms. The Hall–Kier alpha value is -3.46. The molecule has 2 heterocycles. The van der Waals surface area contributed by atoms with Gasteiger partial charge in [-0.3, -0.25) is 0 Å². The molecule has 0 aliphatic carbocycles. The van der Waals surface area contributed by atoms with Crippen LogP contribution in [0.25, 0.3) is 49.3 Å². The second-order valence-electron chi connectivity index (χ2n) is 8.98. The maximum absolute atomic E-state index is 10.7. The first kappa shape index (κ1) is 19.2. The van der Waals surface area contributed by atoms with Crippen LogP contribution >= 0.6 is 0 Å². The van der Waals surface area contributed by atoms with Gasteiger partial charge >= 0.3 is 0 Å². The molecule has 0 atom stereocenters. The van der Waals surface area contributed by atoms with Gasteiger partial charge in [0.25, 0.3) is 0 Å². The largest absolute Gasteiger partial charge is 0.509 e. The Bertz CT molecular complexity index is 1720. The zero-order valence-electron chi connectivity index (χ0n) is 19.1. The van der Waals surface area contributed by atoms with Gasteiger partial charge < -0.3 is 14.2 Å². The SMILES string of the molecule is Bc1c(B)c(-n2c3ccccc3c3ccc4c5ccccc5n(C)c4c32)c(B)c(B)c1O. The van der Waals surface area contributed by atoms with Gasteiger partial charge in [-0.2, -0.15) is 0 Å². The van der Waals surface area contributed by atoms with Crippen LogP contribution in [0.4, 0.5) is 0 Å². The first-order valence-corrected chi connectivity index (χ1v) is 11.1. The molecule has 150 valence electrons. The van der Waals surface area contributed by atoms with E-state index in [4.69, 9.17) is 0 Å². The highest BCUT2D eigenvalue weighted by molar-refractivity contribution is 6.60. The minimum atomic E-state index is 0.402. The summed E-state index contributed by atoms with van der Waals surface area (Å²) in [6.45, 7) is 0. The van der Waals surface area contributed by atoms with Crippen LogP contribution in [0.5, 0.6) is 5.75 Å². The molecule has 0 aliphatic rings. The van der Waals surface area contributed by atoms with Crippen molar-refractivity contribution in [3.8, 4) is 11.4 Å². The molecule has 0 saturated heterocycles. The number of aromatic hydroxyl groups is 1. The van der Waals surface area contributed by atoms with E-state index in [0.717, 1.165) is 21.9 Å². The number of para-hydroxylation sites is 2. The first-order chi connectivity index (χ1) is 15.4. The fraction of sp³-hybridized carbons (Fsp3) is 0.0400. The lowest BCUT2D eigenvalue weighted by Crippen LogP contribution is -2.44. The number of rotatable bonds is 1. The standard InChI is InChI=1S/C25H22B4N2O/c1-30-16-8-4-2-6-12(16)14-10-11-15-13-7-3-5-9-17(13)31(23(15)22(14)30)24-18(26)20(28)25(32)21(29)19(24)27/h2-11,32H,26-29H2,1H3. The van der Waals surface area contributed by atoms with Gasteiger partial charge in [0.1, 0.15) is 37.1 Å². The Labute approximate surface area is 190 Å². The maximum atomic E-state index is 10.7. The molecular formula is C25H22B4N2O. The van der Waals surface area contributed by atoms with Gasteiger partial charge in [-0.1, -0.05) is 70.4 Å². The van der Waals surface area contributed by atoms with Crippen LogP contribution < -0.4 is 21.9 Å². The second kappa shape index (κ2) is 6.52. The number of nitrogens with zero attached hydrogens (tertiary/aromatic N) is 2. The van der Waals surface area contributed by atoms with Gasteiger partial charge in [-0.15, -0.1) is 0 Å². The lowest BCUT2D eigenvalue weighted by atomic mass is 9.68. The minimum Gasteiger partial charge on any atom is -0.509 e. The predicted molar refractivity (Wildman–Crippen MR) is 149 cm³/mol. The summed E-state index contributed by atoms with van der Waals surface area (Å²) >= 11 is 0. The van der Waals surface area contributed by atoms with E-state index in [9.17, 15) is 5.11 Å². The van der Waals surface area contributed by atoms with Gasteiger partial charge in [0.15, 0.2) is 0 Å². The van der Waals surface area contributed by atoms with E-state index < -0.39 is 0 Å². The molecule has 0 saturated carbocycles. The van der Waals surface area contributed by atoms with Crippen molar-refractivity contribution in [2.24, 2.45) is 7.05 Å². The molecule has 0 unspecified atom stereocenters. The van der Waals surface area contributed by atoms with E-state index in [1.165, 1.54) is 49.3 Å². The normalized spacial score (nSPS) is 11.9. The molecule has 0 bridgehead atoms. The summed E-state index contributed by atoms with van der Waals surface area (Å²) in [5, 5.41) is 15.8. The molecule has 0 aliphatic heterocycles. The highest BCUT2D eigenvalue weighted by Crippen LogP contribution is 2.39. The average Bonchev–Trinajstić information content (AvgIpc) is 3.30. The number of aryl methyl sites for hydroxylation is 1. The fourth-order valence-corrected chi connectivity index (χ4v) is 5.55. The van der Waals surface area contributed by atoms with Crippen molar-refractivity contribution < 1.29 is 5.11 Å². The summed E-state index contributed by atoms with van der Waals surface area (Å²) in [6, 6.07) is 21.8. The molecule has 6 aromatic rings. The van der Waals surface area contributed by atoms with E-state index in [1.54, 1.807) is 0 Å². The molecule has 0 spiro atoms.